The molecule has 2 atom stereocenters. The molecule has 1 saturated heterocycles. The smallest absolute Gasteiger partial charge is 0.265 e. The van der Waals surface area contributed by atoms with E-state index < -0.39 is 33.9 Å². The lowest BCUT2D eigenvalue weighted by Gasteiger charge is -2.27. The minimum Gasteiger partial charge on any atom is -0.479 e. The number of benzene rings is 2. The highest BCUT2D eigenvalue weighted by molar-refractivity contribution is 7.89. The zero-order valence-corrected chi connectivity index (χ0v) is 17.8. The summed E-state index contributed by atoms with van der Waals surface area (Å²) in [4.78, 5) is 24.6. The Hall–Kier alpha value is -2.98. The van der Waals surface area contributed by atoms with Gasteiger partial charge in [0.2, 0.25) is 15.9 Å². The van der Waals surface area contributed by atoms with Crippen LogP contribution in [-0.4, -0.2) is 43.2 Å². The molecule has 0 saturated carbocycles. The lowest BCUT2D eigenvalue weighted by atomic mass is 10.1. The Morgan fingerprint density at radius 2 is 2.03 bits per heavy atom. The number of nitrogens with zero attached hydrogens (tertiary/aromatic N) is 1. The summed E-state index contributed by atoms with van der Waals surface area (Å²) < 4.78 is 47.5. The lowest BCUT2D eigenvalue weighted by molar-refractivity contribution is -0.122. The van der Waals surface area contributed by atoms with Gasteiger partial charge in [0.15, 0.2) is 6.10 Å². The van der Waals surface area contributed by atoms with Crippen molar-refractivity contribution in [3.05, 3.63) is 47.8 Å². The molecule has 1 fully saturated rings. The van der Waals surface area contributed by atoms with Gasteiger partial charge >= 0.3 is 0 Å². The van der Waals surface area contributed by atoms with Gasteiger partial charge in [0.1, 0.15) is 17.6 Å². The summed E-state index contributed by atoms with van der Waals surface area (Å²) in [5.41, 5.74) is 0.812. The molecule has 2 amide bonds. The Morgan fingerprint density at radius 1 is 1.29 bits per heavy atom. The van der Waals surface area contributed by atoms with Crippen molar-refractivity contribution in [1.82, 2.24) is 4.31 Å². The van der Waals surface area contributed by atoms with E-state index in [1.807, 2.05) is 0 Å². The van der Waals surface area contributed by atoms with E-state index in [-0.39, 0.29) is 28.8 Å². The first-order valence-corrected chi connectivity index (χ1v) is 11.3. The lowest BCUT2D eigenvalue weighted by Crippen LogP contribution is -2.43. The fraction of sp³-hybridized carbons (Fsp3) is 0.333. The highest BCUT2D eigenvalue weighted by Gasteiger charge is 2.41. The molecule has 2 aromatic carbocycles. The monoisotopic (exact) mass is 447 g/mol. The molecule has 2 aromatic rings. The van der Waals surface area contributed by atoms with E-state index in [0.29, 0.717) is 24.1 Å². The Bertz CT molecular complexity index is 1170. The maximum absolute atomic E-state index is 13.9. The fourth-order valence-electron chi connectivity index (χ4n) is 3.82. The molecule has 0 radical (unpaired) electrons. The van der Waals surface area contributed by atoms with E-state index in [1.54, 1.807) is 19.9 Å². The first-order chi connectivity index (χ1) is 14.7. The number of ether oxygens (including phenoxy) is 1. The summed E-state index contributed by atoms with van der Waals surface area (Å²) in [7, 11) is -4.04. The number of halogens is 1. The largest absolute Gasteiger partial charge is 0.479 e. The van der Waals surface area contributed by atoms with Crippen molar-refractivity contribution in [3.63, 3.8) is 0 Å². The molecule has 164 valence electrons. The molecule has 0 aliphatic carbocycles. The predicted molar refractivity (Wildman–Crippen MR) is 112 cm³/mol. The van der Waals surface area contributed by atoms with Gasteiger partial charge in [-0.2, -0.15) is 4.31 Å². The van der Waals surface area contributed by atoms with Gasteiger partial charge in [0.25, 0.3) is 5.91 Å². The number of fused-ring (bicyclic) bond motifs is 1. The molecule has 4 rings (SSSR count). The quantitative estimate of drug-likeness (QED) is 0.750. The van der Waals surface area contributed by atoms with Crippen LogP contribution >= 0.6 is 0 Å². The third kappa shape index (κ3) is 3.88. The summed E-state index contributed by atoms with van der Waals surface area (Å²) in [6.45, 7) is 3.35. The average Bonchev–Trinajstić information content (AvgIpc) is 3.21. The average molecular weight is 447 g/mol. The van der Waals surface area contributed by atoms with Gasteiger partial charge in [-0.15, -0.1) is 0 Å². The van der Waals surface area contributed by atoms with Gasteiger partial charge in [-0.05, 0) is 50.5 Å². The highest BCUT2D eigenvalue weighted by Crippen LogP contribution is 2.37. The summed E-state index contributed by atoms with van der Waals surface area (Å²) in [6, 6.07) is 7.67. The van der Waals surface area contributed by atoms with E-state index >= 15 is 0 Å². The van der Waals surface area contributed by atoms with E-state index in [1.165, 1.54) is 30.3 Å². The number of nitrogens with one attached hydrogen (secondary N) is 2. The van der Waals surface area contributed by atoms with E-state index in [9.17, 15) is 22.4 Å². The number of hydrogen-bond acceptors (Lipinski definition) is 5. The van der Waals surface area contributed by atoms with Gasteiger partial charge in [-0.1, -0.05) is 12.1 Å². The summed E-state index contributed by atoms with van der Waals surface area (Å²) >= 11 is 0. The molecule has 2 heterocycles. The zero-order valence-electron chi connectivity index (χ0n) is 17.0. The maximum Gasteiger partial charge on any atom is 0.265 e. The van der Waals surface area contributed by atoms with Gasteiger partial charge in [0, 0.05) is 12.6 Å². The Labute approximate surface area is 179 Å². The van der Waals surface area contributed by atoms with Gasteiger partial charge in [-0.3, -0.25) is 9.59 Å². The molecular weight excluding hydrogens is 425 g/mol. The molecule has 2 aliphatic heterocycles. The zero-order chi connectivity index (χ0) is 22.3. The molecule has 31 heavy (non-hydrogen) atoms. The van der Waals surface area contributed by atoms with Crippen LogP contribution in [0, 0.1) is 12.7 Å². The second kappa shape index (κ2) is 7.93. The van der Waals surface area contributed by atoms with Gasteiger partial charge in [-0.25, -0.2) is 12.8 Å². The van der Waals surface area contributed by atoms with E-state index in [0.717, 1.165) is 4.31 Å². The molecule has 2 N–H and O–H groups in total. The number of para-hydroxylation sites is 1. The van der Waals surface area contributed by atoms with Crippen molar-refractivity contribution in [2.75, 3.05) is 17.2 Å². The normalized spacial score (nSPS) is 21.2. The minimum atomic E-state index is -4.04. The molecule has 0 aromatic heterocycles. The van der Waals surface area contributed by atoms with Crippen LogP contribution in [0.25, 0.3) is 0 Å². The van der Waals surface area contributed by atoms with Crippen LogP contribution in [0.4, 0.5) is 15.8 Å². The number of anilines is 2. The predicted octanol–water partition coefficient (Wildman–Crippen LogP) is 2.65. The second-order valence-electron chi connectivity index (χ2n) is 7.61. The van der Waals surface area contributed by atoms with Crippen LogP contribution < -0.4 is 15.4 Å². The Kier molecular flexibility index (Phi) is 5.44. The van der Waals surface area contributed by atoms with Crippen LogP contribution in [0.1, 0.15) is 25.3 Å². The van der Waals surface area contributed by atoms with Crippen LogP contribution in [0.5, 0.6) is 5.75 Å². The summed E-state index contributed by atoms with van der Waals surface area (Å²) in [5.74, 6) is -1.24. The molecule has 0 bridgehead atoms. The minimum absolute atomic E-state index is 0.000150. The van der Waals surface area contributed by atoms with Gasteiger partial charge < -0.3 is 15.4 Å². The van der Waals surface area contributed by atoms with Crippen molar-refractivity contribution in [2.45, 2.75) is 43.7 Å². The van der Waals surface area contributed by atoms with Crippen LogP contribution in [-0.2, 0) is 19.6 Å². The molecule has 2 aliphatic rings. The Balaban J connectivity index is 1.64. The van der Waals surface area contributed by atoms with E-state index in [2.05, 4.69) is 10.6 Å². The third-order valence-electron chi connectivity index (χ3n) is 5.43. The molecular formula is C21H22FN3O5S. The van der Waals surface area contributed by atoms with Crippen molar-refractivity contribution in [1.29, 1.82) is 0 Å². The molecule has 0 spiro atoms. The maximum atomic E-state index is 13.9. The van der Waals surface area contributed by atoms with Crippen LogP contribution in [0.3, 0.4) is 0 Å². The summed E-state index contributed by atoms with van der Waals surface area (Å²) in [5, 5.41) is 5.17. The highest BCUT2D eigenvalue weighted by atomic mass is 32.2. The van der Waals surface area contributed by atoms with Crippen LogP contribution in [0.2, 0.25) is 0 Å². The van der Waals surface area contributed by atoms with E-state index in [4.69, 9.17) is 4.74 Å². The molecule has 8 nitrogen and oxygen atoms in total. The van der Waals surface area contributed by atoms with Crippen LogP contribution in [0.15, 0.2) is 41.3 Å². The third-order valence-corrected chi connectivity index (χ3v) is 7.48. The van der Waals surface area contributed by atoms with Crippen molar-refractivity contribution < 1.29 is 27.1 Å². The first-order valence-electron chi connectivity index (χ1n) is 9.88. The number of sulfonamides is 1. The number of hydrogen-bond donors (Lipinski definition) is 2. The number of carbonyl (C=O) groups is 2. The number of rotatable bonds is 4. The fourth-order valence-corrected chi connectivity index (χ4v) is 5.70. The number of carbonyl (C=O) groups excluding carboxylic acids is 2. The summed E-state index contributed by atoms with van der Waals surface area (Å²) in [6.07, 6.45) is 0.0757. The topological polar surface area (TPSA) is 105 Å². The number of amides is 2. The first kappa shape index (κ1) is 21.3. The van der Waals surface area contributed by atoms with Gasteiger partial charge in [0.05, 0.1) is 16.3 Å². The van der Waals surface area contributed by atoms with Crippen molar-refractivity contribution in [2.24, 2.45) is 0 Å². The SMILES string of the molecule is Cc1cc2c(cc1S(=O)(=O)N1CCC[C@H]1C(=O)Nc1ccccc1F)O[C@H](C)C(=O)N2. The second-order valence-corrected chi connectivity index (χ2v) is 9.47. The van der Waals surface area contributed by atoms with Crippen molar-refractivity contribution in [3.8, 4) is 5.75 Å². The Morgan fingerprint density at radius 3 is 2.77 bits per heavy atom. The standard InChI is InChI=1S/C21H22FN3O5S/c1-12-10-16-18(30-13(2)20(26)24-16)11-19(12)31(28,29)25-9-5-8-17(25)21(27)23-15-7-4-3-6-14(15)22/h3-4,6-7,10-11,13,17H,5,8-9H2,1-2H3,(H,23,27)(H,24,26)/t13-,17+/m1/s1. The molecule has 0 unspecified atom stereocenters. The van der Waals surface area contributed by atoms with Crippen molar-refractivity contribution >= 4 is 33.2 Å². The number of aryl methyl sites for hydroxylation is 1. The molecule has 10 heteroatoms.